The normalized spacial score (nSPS) is 17.2. The molecule has 3 aromatic carbocycles. The highest BCUT2D eigenvalue weighted by Gasteiger charge is 2.32. The molecule has 1 N–H and O–H groups in total. The van der Waals surface area contributed by atoms with Crippen LogP contribution in [-0.2, 0) is 0 Å². The average molecular weight is 479 g/mol. The van der Waals surface area contributed by atoms with Gasteiger partial charge in [0, 0.05) is 28.8 Å². The van der Waals surface area contributed by atoms with Crippen molar-refractivity contribution in [1.82, 2.24) is 4.90 Å². The van der Waals surface area contributed by atoms with E-state index in [-0.39, 0.29) is 12.6 Å². The van der Waals surface area contributed by atoms with Gasteiger partial charge in [0.2, 0.25) is 0 Å². The van der Waals surface area contributed by atoms with Gasteiger partial charge in [-0.2, -0.15) is 0 Å². The van der Waals surface area contributed by atoms with Gasteiger partial charge in [0.05, 0.1) is 11.7 Å². The smallest absolute Gasteiger partial charge is 0.162 e. The van der Waals surface area contributed by atoms with Crippen molar-refractivity contribution >= 4 is 27.5 Å². The maximum atomic E-state index is 9.60. The summed E-state index contributed by atoms with van der Waals surface area (Å²) in [6.45, 7) is 1.90. The van der Waals surface area contributed by atoms with E-state index in [0.717, 1.165) is 38.6 Å². The second kappa shape index (κ2) is 8.73. The first-order chi connectivity index (χ1) is 15.2. The number of benzene rings is 3. The Morgan fingerprint density at radius 1 is 0.968 bits per heavy atom. The van der Waals surface area contributed by atoms with E-state index in [2.05, 4.69) is 57.2 Å². The van der Waals surface area contributed by atoms with Gasteiger partial charge in [0.1, 0.15) is 19.0 Å². The number of fused-ring (bicyclic) bond motifs is 2. The summed E-state index contributed by atoms with van der Waals surface area (Å²) < 4.78 is 12.5. The quantitative estimate of drug-likeness (QED) is 0.554. The van der Waals surface area contributed by atoms with E-state index in [0.29, 0.717) is 26.2 Å². The van der Waals surface area contributed by atoms with E-state index in [1.54, 1.807) is 0 Å². The van der Waals surface area contributed by atoms with Crippen molar-refractivity contribution < 1.29 is 14.6 Å². The summed E-state index contributed by atoms with van der Waals surface area (Å²) in [5.74, 6) is 2.37. The molecule has 5 nitrogen and oxygen atoms in total. The van der Waals surface area contributed by atoms with Gasteiger partial charge >= 0.3 is 0 Å². The van der Waals surface area contributed by atoms with Crippen LogP contribution in [0.15, 0.2) is 76.2 Å². The zero-order valence-corrected chi connectivity index (χ0v) is 18.6. The van der Waals surface area contributed by atoms with E-state index >= 15 is 0 Å². The van der Waals surface area contributed by atoms with Crippen LogP contribution < -0.4 is 9.47 Å². The molecule has 6 heteroatoms. The Bertz CT molecular complexity index is 1120. The van der Waals surface area contributed by atoms with Gasteiger partial charge in [0.25, 0.3) is 0 Å². The molecule has 0 spiro atoms. The summed E-state index contributed by atoms with van der Waals surface area (Å²) in [5.41, 5.74) is 4.24. The minimum atomic E-state index is -0.0130. The third-order valence-electron chi connectivity index (χ3n) is 5.57. The lowest BCUT2D eigenvalue weighted by Gasteiger charge is -2.39. The number of rotatable bonds is 5. The highest BCUT2D eigenvalue weighted by atomic mass is 79.9. The van der Waals surface area contributed by atoms with Crippen LogP contribution in [0.25, 0.3) is 0 Å². The predicted molar refractivity (Wildman–Crippen MR) is 124 cm³/mol. The van der Waals surface area contributed by atoms with Crippen LogP contribution in [0.1, 0.15) is 29.2 Å². The molecule has 0 aliphatic carbocycles. The Labute approximate surface area is 190 Å². The number of hydrogen-bond acceptors (Lipinski definition) is 5. The Kier molecular flexibility index (Phi) is 5.66. The first-order valence-electron chi connectivity index (χ1n) is 10.5. The van der Waals surface area contributed by atoms with Crippen LogP contribution >= 0.6 is 15.9 Å². The SMILES string of the molecule is OCCCN1C(c2ccc3c(c2)OCCO3)=Nc2ccc(Br)cc2C1c1ccccc1. The van der Waals surface area contributed by atoms with Crippen LogP contribution in [0.3, 0.4) is 0 Å². The summed E-state index contributed by atoms with van der Waals surface area (Å²) >= 11 is 3.63. The number of nitrogens with zero attached hydrogens (tertiary/aromatic N) is 2. The summed E-state index contributed by atoms with van der Waals surface area (Å²) in [4.78, 5) is 7.34. The number of aliphatic imine (C=N–C) groups is 1. The number of amidine groups is 1. The van der Waals surface area contributed by atoms with Crippen LogP contribution in [0.4, 0.5) is 5.69 Å². The van der Waals surface area contributed by atoms with E-state index in [4.69, 9.17) is 14.5 Å². The van der Waals surface area contributed by atoms with Gasteiger partial charge in [0.15, 0.2) is 11.5 Å². The van der Waals surface area contributed by atoms with Crippen LogP contribution in [0, 0.1) is 0 Å². The van der Waals surface area contributed by atoms with Crippen LogP contribution in [0.2, 0.25) is 0 Å². The molecule has 3 aromatic rings. The molecule has 1 atom stereocenters. The molecule has 5 rings (SSSR count). The molecule has 2 heterocycles. The Morgan fingerprint density at radius 3 is 2.58 bits per heavy atom. The van der Waals surface area contributed by atoms with Gasteiger partial charge in [-0.3, -0.25) is 0 Å². The maximum absolute atomic E-state index is 9.60. The highest BCUT2D eigenvalue weighted by Crippen LogP contribution is 2.42. The molecular formula is C25H23BrN2O3. The summed E-state index contributed by atoms with van der Waals surface area (Å²) in [5, 5.41) is 9.60. The molecule has 0 fully saturated rings. The lowest BCUT2D eigenvalue weighted by molar-refractivity contribution is 0.171. The van der Waals surface area contributed by atoms with E-state index in [9.17, 15) is 5.11 Å². The molecular weight excluding hydrogens is 456 g/mol. The Morgan fingerprint density at radius 2 is 1.77 bits per heavy atom. The highest BCUT2D eigenvalue weighted by molar-refractivity contribution is 9.10. The van der Waals surface area contributed by atoms with Crippen LogP contribution in [0.5, 0.6) is 11.5 Å². The van der Waals surface area contributed by atoms with Gasteiger partial charge in [-0.15, -0.1) is 0 Å². The molecule has 158 valence electrons. The van der Waals surface area contributed by atoms with Crippen molar-refractivity contribution in [3.8, 4) is 11.5 Å². The molecule has 31 heavy (non-hydrogen) atoms. The van der Waals surface area contributed by atoms with Crippen molar-refractivity contribution in [2.24, 2.45) is 4.99 Å². The fourth-order valence-corrected chi connectivity index (χ4v) is 4.58. The first kappa shape index (κ1) is 20.1. The Balaban J connectivity index is 1.67. The maximum Gasteiger partial charge on any atom is 0.162 e. The second-order valence-corrected chi connectivity index (χ2v) is 8.50. The lowest BCUT2D eigenvalue weighted by Crippen LogP contribution is -2.39. The number of ether oxygens (including phenoxy) is 2. The summed E-state index contributed by atoms with van der Waals surface area (Å²) in [6, 6.07) is 22.6. The molecule has 0 bridgehead atoms. The molecule has 0 radical (unpaired) electrons. The zero-order chi connectivity index (χ0) is 21.2. The molecule has 2 aliphatic heterocycles. The molecule has 0 amide bonds. The Hall–Kier alpha value is -2.83. The van der Waals surface area contributed by atoms with Crippen LogP contribution in [-0.4, -0.2) is 42.2 Å². The van der Waals surface area contributed by atoms with E-state index in [1.807, 2.05) is 30.3 Å². The minimum absolute atomic E-state index is 0.0130. The van der Waals surface area contributed by atoms with Crippen molar-refractivity contribution in [2.75, 3.05) is 26.4 Å². The number of aliphatic hydroxyl groups is 1. The lowest BCUT2D eigenvalue weighted by atomic mass is 9.92. The standard InChI is InChI=1S/C25H23BrN2O3/c26-19-8-9-21-20(16-19)24(17-5-2-1-3-6-17)28(11-4-12-29)25(27-21)18-7-10-22-23(15-18)31-14-13-30-22/h1-3,5-10,15-16,24,29H,4,11-14H2. The van der Waals surface area contributed by atoms with Gasteiger partial charge in [-0.25, -0.2) is 4.99 Å². The monoisotopic (exact) mass is 478 g/mol. The first-order valence-corrected chi connectivity index (χ1v) is 11.2. The van der Waals surface area contributed by atoms with Gasteiger partial charge < -0.3 is 19.5 Å². The number of aliphatic hydroxyl groups excluding tert-OH is 1. The van der Waals surface area contributed by atoms with Gasteiger partial charge in [-0.1, -0.05) is 46.3 Å². The number of hydrogen-bond donors (Lipinski definition) is 1. The van der Waals surface area contributed by atoms with Crippen molar-refractivity contribution in [2.45, 2.75) is 12.5 Å². The third kappa shape index (κ3) is 3.93. The molecule has 1 unspecified atom stereocenters. The van der Waals surface area contributed by atoms with E-state index in [1.165, 1.54) is 5.56 Å². The van der Waals surface area contributed by atoms with Crippen molar-refractivity contribution in [3.63, 3.8) is 0 Å². The molecule has 2 aliphatic rings. The van der Waals surface area contributed by atoms with Crippen molar-refractivity contribution in [3.05, 3.63) is 87.9 Å². The fraction of sp³-hybridized carbons (Fsp3) is 0.240. The van der Waals surface area contributed by atoms with E-state index < -0.39 is 0 Å². The fourth-order valence-electron chi connectivity index (χ4n) is 4.20. The third-order valence-corrected chi connectivity index (χ3v) is 6.06. The summed E-state index contributed by atoms with van der Waals surface area (Å²) in [7, 11) is 0. The zero-order valence-electron chi connectivity index (χ0n) is 17.0. The topological polar surface area (TPSA) is 54.3 Å². The molecule has 0 saturated heterocycles. The largest absolute Gasteiger partial charge is 0.486 e. The second-order valence-electron chi connectivity index (χ2n) is 7.58. The van der Waals surface area contributed by atoms with Gasteiger partial charge in [-0.05, 0) is 48.4 Å². The minimum Gasteiger partial charge on any atom is -0.486 e. The molecule has 0 aromatic heterocycles. The molecule has 0 saturated carbocycles. The predicted octanol–water partition coefficient (Wildman–Crippen LogP) is 5.09. The number of halogens is 1. The summed E-state index contributed by atoms with van der Waals surface area (Å²) in [6.07, 6.45) is 0.649. The average Bonchev–Trinajstić information content (AvgIpc) is 2.82. The van der Waals surface area contributed by atoms with Crippen molar-refractivity contribution in [1.29, 1.82) is 0 Å².